The van der Waals surface area contributed by atoms with Gasteiger partial charge in [-0.25, -0.2) is 9.37 Å². The van der Waals surface area contributed by atoms with Gasteiger partial charge >= 0.3 is 0 Å². The van der Waals surface area contributed by atoms with Crippen LogP contribution in [0.4, 0.5) is 10.2 Å². The summed E-state index contributed by atoms with van der Waals surface area (Å²) < 4.78 is 19.1. The molecule has 3 nitrogen and oxygen atoms in total. The number of aryl methyl sites for hydroxylation is 1. The van der Waals surface area contributed by atoms with Crippen molar-refractivity contribution in [3.05, 3.63) is 101 Å². The summed E-state index contributed by atoms with van der Waals surface area (Å²) in [5.41, 5.74) is 4.60. The van der Waals surface area contributed by atoms with E-state index in [9.17, 15) is 4.39 Å². The molecule has 3 aromatic carbocycles. The lowest BCUT2D eigenvalue weighted by Gasteiger charge is -2.16. The van der Waals surface area contributed by atoms with E-state index in [1.807, 2.05) is 30.3 Å². The zero-order valence-corrected chi connectivity index (χ0v) is 15.9. The maximum Gasteiger partial charge on any atom is 0.129 e. The molecule has 0 amide bonds. The first kappa shape index (κ1) is 17.7. The molecule has 1 aliphatic carbocycles. The number of rotatable bonds is 5. The first-order valence-corrected chi connectivity index (χ1v) is 9.88. The number of nitrogens with zero attached hydrogens (tertiary/aromatic N) is 1. The summed E-state index contributed by atoms with van der Waals surface area (Å²) in [5.74, 6) is 1.40. The first-order valence-electron chi connectivity index (χ1n) is 9.88. The van der Waals surface area contributed by atoms with E-state index < -0.39 is 0 Å². The van der Waals surface area contributed by atoms with Gasteiger partial charge in [0.05, 0.1) is 11.6 Å². The van der Waals surface area contributed by atoms with Crippen LogP contribution in [0.25, 0.3) is 10.9 Å². The van der Waals surface area contributed by atoms with Gasteiger partial charge < -0.3 is 10.1 Å². The van der Waals surface area contributed by atoms with Crippen molar-refractivity contribution < 1.29 is 9.13 Å². The van der Waals surface area contributed by atoms with E-state index in [1.54, 1.807) is 12.1 Å². The van der Waals surface area contributed by atoms with Crippen LogP contribution in [0.15, 0.2) is 78.9 Å². The highest BCUT2D eigenvalue weighted by Gasteiger charge is 2.22. The number of anilines is 1. The SMILES string of the molecule is Fc1ccc(COc2cccc3nc(N[C@@H]4CCc5ccccc54)ccc23)cc1. The van der Waals surface area contributed by atoms with Crippen LogP contribution in [-0.4, -0.2) is 4.98 Å². The molecule has 0 saturated carbocycles. The molecule has 0 unspecified atom stereocenters. The molecule has 5 rings (SSSR count). The van der Waals surface area contributed by atoms with Crippen molar-refractivity contribution in [3.63, 3.8) is 0 Å². The lowest BCUT2D eigenvalue weighted by molar-refractivity contribution is 0.310. The topological polar surface area (TPSA) is 34.1 Å². The third kappa shape index (κ3) is 3.66. The van der Waals surface area contributed by atoms with Crippen LogP contribution in [-0.2, 0) is 13.0 Å². The van der Waals surface area contributed by atoms with E-state index in [0.717, 1.165) is 40.9 Å². The summed E-state index contributed by atoms with van der Waals surface area (Å²) in [7, 11) is 0. The third-order valence-electron chi connectivity index (χ3n) is 5.45. The highest BCUT2D eigenvalue weighted by molar-refractivity contribution is 5.86. The molecule has 1 aromatic heterocycles. The molecule has 4 heteroatoms. The van der Waals surface area contributed by atoms with Gasteiger partial charge in [0.1, 0.15) is 24.0 Å². The lowest BCUT2D eigenvalue weighted by Crippen LogP contribution is -2.08. The van der Waals surface area contributed by atoms with E-state index in [1.165, 1.54) is 23.3 Å². The maximum absolute atomic E-state index is 13.1. The van der Waals surface area contributed by atoms with Gasteiger partial charge in [0.2, 0.25) is 0 Å². The second-order valence-electron chi connectivity index (χ2n) is 7.37. The Balaban J connectivity index is 1.35. The minimum absolute atomic E-state index is 0.243. The quantitative estimate of drug-likeness (QED) is 0.455. The fourth-order valence-corrected chi connectivity index (χ4v) is 3.96. The molecule has 4 aromatic rings. The monoisotopic (exact) mass is 384 g/mol. The van der Waals surface area contributed by atoms with Crippen molar-refractivity contribution in [2.75, 3.05) is 5.32 Å². The number of halogens is 1. The largest absolute Gasteiger partial charge is 0.488 e. The highest BCUT2D eigenvalue weighted by Crippen LogP contribution is 2.34. The van der Waals surface area contributed by atoms with Gasteiger partial charge in [0.25, 0.3) is 0 Å². The predicted octanol–water partition coefficient (Wildman–Crippen LogP) is 6.05. The van der Waals surface area contributed by atoms with E-state index in [0.29, 0.717) is 12.6 Å². The zero-order chi connectivity index (χ0) is 19.6. The fraction of sp³-hybridized carbons (Fsp3) is 0.160. The van der Waals surface area contributed by atoms with Crippen molar-refractivity contribution in [2.45, 2.75) is 25.5 Å². The van der Waals surface area contributed by atoms with Crippen LogP contribution in [0.2, 0.25) is 0 Å². The number of ether oxygens (including phenoxy) is 1. The van der Waals surface area contributed by atoms with Crippen LogP contribution in [0.3, 0.4) is 0 Å². The number of aromatic nitrogens is 1. The summed E-state index contributed by atoms with van der Waals surface area (Å²) in [4.78, 5) is 4.80. The average Bonchev–Trinajstić information content (AvgIpc) is 3.16. The summed E-state index contributed by atoms with van der Waals surface area (Å²) in [5, 5.41) is 4.55. The van der Waals surface area contributed by atoms with Crippen molar-refractivity contribution in [1.29, 1.82) is 0 Å². The second-order valence-corrected chi connectivity index (χ2v) is 7.37. The number of pyridine rings is 1. The maximum atomic E-state index is 13.1. The van der Waals surface area contributed by atoms with Crippen LogP contribution in [0, 0.1) is 5.82 Å². The van der Waals surface area contributed by atoms with Crippen molar-refractivity contribution in [1.82, 2.24) is 4.98 Å². The van der Waals surface area contributed by atoms with E-state index >= 15 is 0 Å². The number of benzene rings is 3. The zero-order valence-electron chi connectivity index (χ0n) is 15.9. The third-order valence-corrected chi connectivity index (χ3v) is 5.45. The molecular weight excluding hydrogens is 363 g/mol. The molecule has 1 N–H and O–H groups in total. The molecule has 0 radical (unpaired) electrons. The number of nitrogens with one attached hydrogen (secondary N) is 1. The van der Waals surface area contributed by atoms with Crippen molar-refractivity contribution in [3.8, 4) is 5.75 Å². The average molecular weight is 384 g/mol. The van der Waals surface area contributed by atoms with E-state index in [2.05, 4.69) is 29.6 Å². The minimum atomic E-state index is -0.243. The Hall–Kier alpha value is -3.40. The molecule has 1 atom stereocenters. The molecule has 0 saturated heterocycles. The lowest BCUT2D eigenvalue weighted by atomic mass is 10.1. The number of fused-ring (bicyclic) bond motifs is 2. The Morgan fingerprint density at radius 2 is 1.79 bits per heavy atom. The van der Waals surface area contributed by atoms with Gasteiger partial charge in [-0.05, 0) is 65.9 Å². The van der Waals surface area contributed by atoms with Gasteiger partial charge in [0.15, 0.2) is 0 Å². The van der Waals surface area contributed by atoms with E-state index in [-0.39, 0.29) is 5.82 Å². The standard InChI is InChI=1S/C25H21FN2O/c26-19-11-8-17(9-12-19)16-29-24-7-3-6-22-21(24)13-15-25(27-22)28-23-14-10-18-4-1-2-5-20(18)23/h1-9,11-13,15,23H,10,14,16H2,(H,27,28)/t23-/m1/s1. The molecule has 0 fully saturated rings. The molecule has 29 heavy (non-hydrogen) atoms. The molecule has 1 heterocycles. The molecular formula is C25H21FN2O. The van der Waals surface area contributed by atoms with Crippen LogP contribution in [0.1, 0.15) is 29.2 Å². The van der Waals surface area contributed by atoms with Crippen LogP contribution in [0.5, 0.6) is 5.75 Å². The fourth-order valence-electron chi connectivity index (χ4n) is 3.96. The van der Waals surface area contributed by atoms with Gasteiger partial charge in [-0.15, -0.1) is 0 Å². The van der Waals surface area contributed by atoms with Gasteiger partial charge in [-0.3, -0.25) is 0 Å². The predicted molar refractivity (Wildman–Crippen MR) is 114 cm³/mol. The Kier molecular flexibility index (Phi) is 4.60. The first-order chi connectivity index (χ1) is 14.3. The number of hydrogen-bond acceptors (Lipinski definition) is 3. The Morgan fingerprint density at radius 1 is 0.931 bits per heavy atom. The van der Waals surface area contributed by atoms with Gasteiger partial charge in [-0.1, -0.05) is 42.5 Å². The molecule has 144 valence electrons. The van der Waals surface area contributed by atoms with E-state index in [4.69, 9.17) is 9.72 Å². The second kappa shape index (κ2) is 7.55. The summed E-state index contributed by atoms with van der Waals surface area (Å²) in [6.07, 6.45) is 2.18. The molecule has 0 aliphatic heterocycles. The van der Waals surface area contributed by atoms with Crippen LogP contribution < -0.4 is 10.1 Å². The molecule has 0 bridgehead atoms. The smallest absolute Gasteiger partial charge is 0.129 e. The summed E-state index contributed by atoms with van der Waals surface area (Å²) in [6, 6.07) is 25.2. The Morgan fingerprint density at radius 3 is 2.69 bits per heavy atom. The van der Waals surface area contributed by atoms with Gasteiger partial charge in [0, 0.05) is 5.39 Å². The number of hydrogen-bond donors (Lipinski definition) is 1. The Labute approximate surface area is 169 Å². The van der Waals surface area contributed by atoms with Crippen molar-refractivity contribution in [2.24, 2.45) is 0 Å². The molecule has 0 spiro atoms. The van der Waals surface area contributed by atoms with Crippen molar-refractivity contribution >= 4 is 16.7 Å². The minimum Gasteiger partial charge on any atom is -0.488 e. The summed E-state index contributed by atoms with van der Waals surface area (Å²) in [6.45, 7) is 0.387. The highest BCUT2D eigenvalue weighted by atomic mass is 19.1. The molecule has 1 aliphatic rings. The normalized spacial score (nSPS) is 15.3. The van der Waals surface area contributed by atoms with Crippen LogP contribution >= 0.6 is 0 Å². The summed E-state index contributed by atoms with van der Waals surface area (Å²) >= 11 is 0. The van der Waals surface area contributed by atoms with Gasteiger partial charge in [-0.2, -0.15) is 0 Å². The Bertz CT molecular complexity index is 1160.